The van der Waals surface area contributed by atoms with Gasteiger partial charge < -0.3 is 10.4 Å². The molecule has 0 aliphatic carbocycles. The Morgan fingerprint density at radius 1 is 1.26 bits per heavy atom. The van der Waals surface area contributed by atoms with Gasteiger partial charge in [-0.15, -0.1) is 12.4 Å². The van der Waals surface area contributed by atoms with Gasteiger partial charge in [0, 0.05) is 18.0 Å². The summed E-state index contributed by atoms with van der Waals surface area (Å²) in [5, 5.41) is 11.3. The molecule has 2 rings (SSSR count). The fraction of sp³-hybridized carbons (Fsp3) is 0.467. The molecule has 1 amide bonds. The van der Waals surface area contributed by atoms with Crippen LogP contribution in [-0.2, 0) is 9.59 Å². The number of aliphatic carboxylic acids is 1. The van der Waals surface area contributed by atoms with Gasteiger partial charge in [0.2, 0.25) is 5.91 Å². The van der Waals surface area contributed by atoms with Crippen molar-refractivity contribution in [2.45, 2.75) is 16.8 Å². The summed E-state index contributed by atoms with van der Waals surface area (Å²) in [5.74, 6) is -8.69. The van der Waals surface area contributed by atoms with Crippen molar-refractivity contribution in [3.8, 4) is 0 Å². The molecular weight excluding hydrogens is 419 g/mol. The predicted molar refractivity (Wildman–Crippen MR) is 91.3 cm³/mol. The van der Waals surface area contributed by atoms with E-state index >= 15 is 0 Å². The van der Waals surface area contributed by atoms with Gasteiger partial charge in [0.15, 0.2) is 0 Å². The maximum Gasteiger partial charge on any atom is 0.393 e. The standard InChI is InChI=1S/C15H15F5N2O3S.ClH/c16-14(17)26-11-4-2-1-3-10(11)21-12(23)7-22-5-8(13(24)25)9(6-22)15(18,19)20;/h1-4,8-9,14H,5-7H2,(H,21,23)(H,24,25);1H/t8-,9-;/m1./s1. The first kappa shape index (κ1) is 23.4. The van der Waals surface area contributed by atoms with Crippen molar-refractivity contribution in [1.82, 2.24) is 4.90 Å². The van der Waals surface area contributed by atoms with Crippen LogP contribution < -0.4 is 5.32 Å². The molecule has 1 fully saturated rings. The molecule has 1 heterocycles. The fourth-order valence-electron chi connectivity index (χ4n) is 2.76. The number of para-hydroxylation sites is 1. The molecule has 27 heavy (non-hydrogen) atoms. The van der Waals surface area contributed by atoms with Gasteiger partial charge >= 0.3 is 12.1 Å². The lowest BCUT2D eigenvalue weighted by Gasteiger charge is -2.18. The Labute approximate surface area is 161 Å². The Hall–Kier alpha value is -1.59. The molecule has 1 aromatic rings. The third-order valence-corrected chi connectivity index (χ3v) is 4.67. The maximum atomic E-state index is 12.9. The van der Waals surface area contributed by atoms with Gasteiger partial charge in [-0.1, -0.05) is 23.9 Å². The van der Waals surface area contributed by atoms with E-state index in [-0.39, 0.29) is 34.8 Å². The monoisotopic (exact) mass is 434 g/mol. The minimum Gasteiger partial charge on any atom is -0.481 e. The zero-order valence-electron chi connectivity index (χ0n) is 13.6. The Morgan fingerprint density at radius 3 is 2.41 bits per heavy atom. The quantitative estimate of drug-likeness (QED) is 0.529. The molecular formula is C15H16ClF5N2O3S. The van der Waals surface area contributed by atoms with Gasteiger partial charge in [0.1, 0.15) is 0 Å². The predicted octanol–water partition coefficient (Wildman–Crippen LogP) is 3.56. The number of nitrogens with one attached hydrogen (secondary N) is 1. The number of likely N-dealkylation sites (tertiary alicyclic amines) is 1. The first-order valence-electron chi connectivity index (χ1n) is 7.43. The van der Waals surface area contributed by atoms with Crippen molar-refractivity contribution in [1.29, 1.82) is 0 Å². The van der Waals surface area contributed by atoms with Crippen molar-refractivity contribution >= 4 is 41.7 Å². The molecule has 1 saturated heterocycles. The van der Waals surface area contributed by atoms with Crippen LogP contribution in [0.1, 0.15) is 0 Å². The van der Waals surface area contributed by atoms with Crippen LogP contribution >= 0.6 is 24.2 Å². The number of anilines is 1. The maximum absolute atomic E-state index is 12.9. The number of carbonyl (C=O) groups excluding carboxylic acids is 1. The largest absolute Gasteiger partial charge is 0.481 e. The molecule has 0 radical (unpaired) electrons. The average molecular weight is 435 g/mol. The lowest BCUT2D eigenvalue weighted by molar-refractivity contribution is -0.188. The highest BCUT2D eigenvalue weighted by Crippen LogP contribution is 2.37. The minimum absolute atomic E-state index is 0. The van der Waals surface area contributed by atoms with E-state index in [1.54, 1.807) is 0 Å². The number of carbonyl (C=O) groups is 2. The SMILES string of the molecule is Cl.O=C(CN1C[C@@H](C(F)(F)F)[C@H](C(=O)O)C1)Nc1ccccc1SC(F)F. The number of carboxylic acid groups (broad SMARTS) is 1. The van der Waals surface area contributed by atoms with E-state index in [9.17, 15) is 31.5 Å². The third kappa shape index (κ3) is 6.51. The molecule has 1 aliphatic heterocycles. The van der Waals surface area contributed by atoms with E-state index in [2.05, 4.69) is 5.32 Å². The molecule has 2 atom stereocenters. The first-order chi connectivity index (χ1) is 12.1. The topological polar surface area (TPSA) is 69.6 Å². The van der Waals surface area contributed by atoms with E-state index < -0.39 is 55.3 Å². The van der Waals surface area contributed by atoms with Gasteiger partial charge in [0.05, 0.1) is 24.1 Å². The molecule has 5 nitrogen and oxygen atoms in total. The van der Waals surface area contributed by atoms with Gasteiger partial charge in [-0.25, -0.2) is 0 Å². The summed E-state index contributed by atoms with van der Waals surface area (Å²) in [7, 11) is 0. The summed E-state index contributed by atoms with van der Waals surface area (Å²) < 4.78 is 63.9. The van der Waals surface area contributed by atoms with E-state index in [1.165, 1.54) is 24.3 Å². The smallest absolute Gasteiger partial charge is 0.393 e. The summed E-state index contributed by atoms with van der Waals surface area (Å²) in [6, 6.07) is 5.79. The number of carboxylic acids is 1. The second-order valence-electron chi connectivity index (χ2n) is 5.71. The van der Waals surface area contributed by atoms with E-state index in [0.717, 1.165) is 4.90 Å². The lowest BCUT2D eigenvalue weighted by atomic mass is 9.96. The van der Waals surface area contributed by atoms with Crippen LogP contribution in [0.15, 0.2) is 29.2 Å². The molecule has 0 saturated carbocycles. The van der Waals surface area contributed by atoms with E-state index in [1.807, 2.05) is 0 Å². The second kappa shape index (κ2) is 9.56. The molecule has 1 aromatic carbocycles. The zero-order chi connectivity index (χ0) is 19.5. The molecule has 0 spiro atoms. The average Bonchev–Trinajstić information content (AvgIpc) is 2.93. The number of benzene rings is 1. The summed E-state index contributed by atoms with van der Waals surface area (Å²) in [6.07, 6.45) is -4.69. The van der Waals surface area contributed by atoms with Crippen LogP contribution in [0.5, 0.6) is 0 Å². The number of hydrogen-bond acceptors (Lipinski definition) is 4. The number of thioether (sulfide) groups is 1. The van der Waals surface area contributed by atoms with Gasteiger partial charge in [-0.05, 0) is 12.1 Å². The summed E-state index contributed by atoms with van der Waals surface area (Å²) in [4.78, 5) is 24.3. The van der Waals surface area contributed by atoms with Crippen molar-refractivity contribution in [2.75, 3.05) is 25.0 Å². The number of rotatable bonds is 6. The Morgan fingerprint density at radius 2 is 1.89 bits per heavy atom. The number of amides is 1. The second-order valence-corrected chi connectivity index (χ2v) is 6.74. The van der Waals surface area contributed by atoms with Crippen LogP contribution in [0.2, 0.25) is 0 Å². The Balaban J connectivity index is 0.00000364. The van der Waals surface area contributed by atoms with Crippen molar-refractivity contribution < 1.29 is 36.6 Å². The lowest BCUT2D eigenvalue weighted by Crippen LogP contribution is -2.34. The number of halogens is 6. The highest BCUT2D eigenvalue weighted by Gasteiger charge is 2.52. The minimum atomic E-state index is -4.69. The highest BCUT2D eigenvalue weighted by molar-refractivity contribution is 7.99. The summed E-state index contributed by atoms with van der Waals surface area (Å²) >= 11 is 0.230. The van der Waals surface area contributed by atoms with Gasteiger partial charge in [0.25, 0.3) is 5.76 Å². The van der Waals surface area contributed by atoms with E-state index in [4.69, 9.17) is 5.11 Å². The van der Waals surface area contributed by atoms with Gasteiger partial charge in [-0.3, -0.25) is 14.5 Å². The molecule has 0 bridgehead atoms. The summed E-state index contributed by atoms with van der Waals surface area (Å²) in [5.41, 5.74) is 0.115. The number of nitrogens with zero attached hydrogens (tertiary/aromatic N) is 1. The number of alkyl halides is 5. The van der Waals surface area contributed by atoms with Gasteiger partial charge in [-0.2, -0.15) is 22.0 Å². The zero-order valence-corrected chi connectivity index (χ0v) is 15.2. The highest BCUT2D eigenvalue weighted by atomic mass is 35.5. The third-order valence-electron chi connectivity index (χ3n) is 3.88. The van der Waals surface area contributed by atoms with Crippen molar-refractivity contribution in [3.63, 3.8) is 0 Å². The molecule has 12 heteroatoms. The fourth-order valence-corrected chi connectivity index (χ4v) is 3.35. The van der Waals surface area contributed by atoms with E-state index in [0.29, 0.717) is 0 Å². The number of hydrogen-bond donors (Lipinski definition) is 2. The van der Waals surface area contributed by atoms with Crippen LogP contribution in [0.3, 0.4) is 0 Å². The molecule has 0 unspecified atom stereocenters. The van der Waals surface area contributed by atoms with Crippen LogP contribution in [-0.4, -0.2) is 53.5 Å². The Bertz CT molecular complexity index is 677. The molecule has 2 N–H and O–H groups in total. The van der Waals surface area contributed by atoms with Crippen molar-refractivity contribution in [2.24, 2.45) is 11.8 Å². The first-order valence-corrected chi connectivity index (χ1v) is 8.31. The van der Waals surface area contributed by atoms with Crippen LogP contribution in [0.25, 0.3) is 0 Å². The molecule has 0 aromatic heterocycles. The van der Waals surface area contributed by atoms with Crippen molar-refractivity contribution in [3.05, 3.63) is 24.3 Å². The Kier molecular flexibility index (Phi) is 8.30. The normalized spacial score (nSPS) is 20.4. The summed E-state index contributed by atoms with van der Waals surface area (Å²) in [6.45, 7) is -1.49. The molecule has 1 aliphatic rings. The van der Waals surface area contributed by atoms with Crippen LogP contribution in [0, 0.1) is 11.8 Å². The molecule has 152 valence electrons. The van der Waals surface area contributed by atoms with Crippen LogP contribution in [0.4, 0.5) is 27.6 Å².